The zero-order chi connectivity index (χ0) is 12.5. The lowest BCUT2D eigenvalue weighted by molar-refractivity contribution is 0.979. The van der Waals surface area contributed by atoms with Crippen LogP contribution in [0.5, 0.6) is 0 Å². The first-order chi connectivity index (χ1) is 8.79. The third kappa shape index (κ3) is 1.65. The van der Waals surface area contributed by atoms with Crippen molar-refractivity contribution in [1.29, 1.82) is 0 Å². The molecule has 0 bridgehead atoms. The Kier molecular flexibility index (Phi) is 2.53. The Morgan fingerprint density at radius 1 is 1.33 bits per heavy atom. The van der Waals surface area contributed by atoms with Crippen LogP contribution in [0.1, 0.15) is 11.5 Å². The molecule has 0 unspecified atom stereocenters. The van der Waals surface area contributed by atoms with E-state index in [2.05, 4.69) is 15.0 Å². The maximum atomic E-state index is 5.64. The lowest BCUT2D eigenvalue weighted by Crippen LogP contribution is -1.96. The smallest absolute Gasteiger partial charge is 0.148 e. The van der Waals surface area contributed by atoms with Crippen LogP contribution in [0.15, 0.2) is 36.9 Å². The van der Waals surface area contributed by atoms with Gasteiger partial charge in [-0.1, -0.05) is 6.07 Å². The molecule has 18 heavy (non-hydrogen) atoms. The summed E-state index contributed by atoms with van der Waals surface area (Å²) in [4.78, 5) is 13.1. The first-order valence-corrected chi connectivity index (χ1v) is 5.73. The summed E-state index contributed by atoms with van der Waals surface area (Å²) in [6.07, 6.45) is 7.31. The van der Waals surface area contributed by atoms with E-state index >= 15 is 0 Å². The van der Waals surface area contributed by atoms with Crippen molar-refractivity contribution in [3.05, 3.63) is 48.4 Å². The van der Waals surface area contributed by atoms with Crippen LogP contribution in [0.3, 0.4) is 0 Å². The number of nitrogens with two attached hydrogens (primary N) is 1. The molecule has 0 saturated carbocycles. The van der Waals surface area contributed by atoms with Crippen molar-refractivity contribution in [2.75, 3.05) is 0 Å². The van der Waals surface area contributed by atoms with Gasteiger partial charge in [-0.05, 0) is 13.0 Å². The molecule has 0 fully saturated rings. The summed E-state index contributed by atoms with van der Waals surface area (Å²) in [7, 11) is 0. The van der Waals surface area contributed by atoms with Gasteiger partial charge in [0, 0.05) is 42.5 Å². The molecule has 3 rings (SSSR count). The highest BCUT2D eigenvalue weighted by molar-refractivity contribution is 5.76. The molecule has 0 radical (unpaired) electrons. The summed E-state index contributed by atoms with van der Waals surface area (Å²) < 4.78 is 1.96. The molecule has 90 valence electrons. The number of nitrogens with zero attached hydrogens (tertiary/aromatic N) is 4. The summed E-state index contributed by atoms with van der Waals surface area (Å²) in [5.74, 6) is 0.893. The Morgan fingerprint density at radius 2 is 2.22 bits per heavy atom. The third-order valence-corrected chi connectivity index (χ3v) is 2.91. The molecule has 0 aliphatic heterocycles. The summed E-state index contributed by atoms with van der Waals surface area (Å²) >= 11 is 0. The van der Waals surface area contributed by atoms with Gasteiger partial charge in [0.1, 0.15) is 11.5 Å². The molecule has 5 nitrogen and oxygen atoms in total. The monoisotopic (exact) mass is 239 g/mol. The molecule has 0 atom stereocenters. The molecule has 0 aliphatic rings. The Labute approximate surface area is 104 Å². The van der Waals surface area contributed by atoms with Crippen molar-refractivity contribution < 1.29 is 0 Å². The van der Waals surface area contributed by atoms with Crippen molar-refractivity contribution in [2.24, 2.45) is 5.73 Å². The van der Waals surface area contributed by atoms with E-state index < -0.39 is 0 Å². The first-order valence-electron chi connectivity index (χ1n) is 5.73. The van der Waals surface area contributed by atoms with Crippen LogP contribution in [0.4, 0.5) is 0 Å². The van der Waals surface area contributed by atoms with E-state index in [0.717, 1.165) is 28.3 Å². The van der Waals surface area contributed by atoms with Crippen LogP contribution in [0.25, 0.3) is 16.8 Å². The lowest BCUT2D eigenvalue weighted by Gasteiger charge is -2.04. The average Bonchev–Trinajstić information content (AvgIpc) is 2.85. The van der Waals surface area contributed by atoms with Gasteiger partial charge < -0.3 is 5.73 Å². The Balaban J connectivity index is 2.30. The van der Waals surface area contributed by atoms with E-state index in [1.807, 2.05) is 42.0 Å². The first kappa shape index (κ1) is 10.9. The van der Waals surface area contributed by atoms with Crippen LogP contribution < -0.4 is 5.73 Å². The van der Waals surface area contributed by atoms with Crippen molar-refractivity contribution in [3.63, 3.8) is 0 Å². The van der Waals surface area contributed by atoms with E-state index in [9.17, 15) is 0 Å². The maximum absolute atomic E-state index is 5.64. The highest BCUT2D eigenvalue weighted by Gasteiger charge is 2.10. The number of aromatic nitrogens is 4. The minimum atomic E-state index is 0.424. The standard InChI is InChI=1S/C13H13N5/c1-9-16-7-12(10-3-2-4-15-6-10)13-17-11(5-14)8-18(9)13/h2-4,6-8H,5,14H2,1H3. The van der Waals surface area contributed by atoms with Crippen molar-refractivity contribution >= 4 is 5.65 Å². The van der Waals surface area contributed by atoms with Crippen LogP contribution >= 0.6 is 0 Å². The largest absolute Gasteiger partial charge is 0.325 e. The predicted octanol–water partition coefficient (Wildman–Crippen LogP) is 1.56. The maximum Gasteiger partial charge on any atom is 0.148 e. The molecule has 3 heterocycles. The number of rotatable bonds is 2. The minimum absolute atomic E-state index is 0.424. The van der Waals surface area contributed by atoms with E-state index in [-0.39, 0.29) is 0 Å². The lowest BCUT2D eigenvalue weighted by atomic mass is 10.1. The predicted molar refractivity (Wildman–Crippen MR) is 68.8 cm³/mol. The number of aryl methyl sites for hydroxylation is 1. The van der Waals surface area contributed by atoms with Crippen LogP contribution in [0, 0.1) is 6.92 Å². The average molecular weight is 239 g/mol. The zero-order valence-electron chi connectivity index (χ0n) is 10.0. The summed E-state index contributed by atoms with van der Waals surface area (Å²) in [5.41, 5.74) is 9.34. The molecule has 5 heteroatoms. The van der Waals surface area contributed by atoms with Crippen LogP contribution in [-0.4, -0.2) is 19.4 Å². The summed E-state index contributed by atoms with van der Waals surface area (Å²) in [5, 5.41) is 0. The molecule has 2 N–H and O–H groups in total. The van der Waals surface area contributed by atoms with E-state index in [1.54, 1.807) is 6.20 Å². The second-order valence-electron chi connectivity index (χ2n) is 4.09. The van der Waals surface area contributed by atoms with Gasteiger partial charge in [-0.15, -0.1) is 0 Å². The van der Waals surface area contributed by atoms with Gasteiger partial charge in [-0.2, -0.15) is 0 Å². The summed E-state index contributed by atoms with van der Waals surface area (Å²) in [6, 6.07) is 3.90. The van der Waals surface area contributed by atoms with Gasteiger partial charge in [0.05, 0.1) is 5.69 Å². The van der Waals surface area contributed by atoms with Gasteiger partial charge in [-0.3, -0.25) is 9.38 Å². The quantitative estimate of drug-likeness (QED) is 0.736. The fourth-order valence-corrected chi connectivity index (χ4v) is 1.97. The van der Waals surface area contributed by atoms with Gasteiger partial charge in [0.15, 0.2) is 0 Å². The van der Waals surface area contributed by atoms with E-state index in [4.69, 9.17) is 5.73 Å². The molecule has 3 aromatic rings. The van der Waals surface area contributed by atoms with Gasteiger partial charge in [0.25, 0.3) is 0 Å². The van der Waals surface area contributed by atoms with Gasteiger partial charge >= 0.3 is 0 Å². The number of imidazole rings is 1. The van der Waals surface area contributed by atoms with Crippen LogP contribution in [-0.2, 0) is 6.54 Å². The molecular formula is C13H13N5. The molecule has 0 spiro atoms. The molecule has 0 aliphatic carbocycles. The zero-order valence-corrected chi connectivity index (χ0v) is 10.0. The normalized spacial score (nSPS) is 11.0. The Bertz CT molecular complexity index is 687. The summed E-state index contributed by atoms with van der Waals surface area (Å²) in [6.45, 7) is 2.37. The number of fused-ring (bicyclic) bond motifs is 1. The molecule has 0 aromatic carbocycles. The SMILES string of the molecule is Cc1ncc(-c2cccnc2)c2nc(CN)cn12. The van der Waals surface area contributed by atoms with Gasteiger partial charge in [0.2, 0.25) is 0 Å². The van der Waals surface area contributed by atoms with E-state index in [0.29, 0.717) is 6.54 Å². The van der Waals surface area contributed by atoms with Crippen LogP contribution in [0.2, 0.25) is 0 Å². The molecule has 0 saturated heterocycles. The molecular weight excluding hydrogens is 226 g/mol. The number of pyridine rings is 1. The Morgan fingerprint density at radius 3 is 2.94 bits per heavy atom. The van der Waals surface area contributed by atoms with E-state index in [1.165, 1.54) is 0 Å². The fraction of sp³-hybridized carbons (Fsp3) is 0.154. The number of hydrogen-bond donors (Lipinski definition) is 1. The molecule has 3 aromatic heterocycles. The second-order valence-corrected chi connectivity index (χ2v) is 4.09. The molecule has 0 amide bonds. The second kappa shape index (κ2) is 4.19. The van der Waals surface area contributed by atoms with Crippen molar-refractivity contribution in [1.82, 2.24) is 19.4 Å². The minimum Gasteiger partial charge on any atom is -0.325 e. The fourth-order valence-electron chi connectivity index (χ4n) is 1.97. The highest BCUT2D eigenvalue weighted by Crippen LogP contribution is 2.23. The topological polar surface area (TPSA) is 69.1 Å². The number of hydrogen-bond acceptors (Lipinski definition) is 4. The highest BCUT2D eigenvalue weighted by atomic mass is 15.1. The van der Waals surface area contributed by atoms with Gasteiger partial charge in [-0.25, -0.2) is 9.97 Å². The Hall–Kier alpha value is -2.27. The van der Waals surface area contributed by atoms with Crippen molar-refractivity contribution in [3.8, 4) is 11.1 Å². The third-order valence-electron chi connectivity index (χ3n) is 2.91. The van der Waals surface area contributed by atoms with Crippen molar-refractivity contribution in [2.45, 2.75) is 13.5 Å².